The number of carboxylic acid groups (broad SMARTS) is 1. The number of benzene rings is 1. The lowest BCUT2D eigenvalue weighted by atomic mass is 9.99. The first kappa shape index (κ1) is 17.6. The summed E-state index contributed by atoms with van der Waals surface area (Å²) in [5.41, 5.74) is -0.0538. The second kappa shape index (κ2) is 7.53. The molecule has 6 nitrogen and oxygen atoms in total. The molecular formula is C15H19FN2O4. The number of halogens is 1. The molecule has 0 aliphatic rings. The van der Waals surface area contributed by atoms with Crippen LogP contribution in [0.1, 0.15) is 37.6 Å². The van der Waals surface area contributed by atoms with E-state index in [4.69, 9.17) is 5.11 Å². The summed E-state index contributed by atoms with van der Waals surface area (Å²) in [6.45, 7) is 4.76. The Kier molecular flexibility index (Phi) is 6.03. The van der Waals surface area contributed by atoms with E-state index in [1.54, 1.807) is 6.92 Å². The average Bonchev–Trinajstić information content (AvgIpc) is 2.45. The molecule has 3 N–H and O–H groups in total. The Morgan fingerprint density at radius 1 is 1.32 bits per heavy atom. The van der Waals surface area contributed by atoms with Gasteiger partial charge in [0.15, 0.2) is 0 Å². The van der Waals surface area contributed by atoms with Crippen molar-refractivity contribution in [2.24, 2.45) is 5.92 Å². The number of anilines is 1. The number of hydrogen-bond acceptors (Lipinski definition) is 3. The first-order valence-electron chi connectivity index (χ1n) is 6.87. The van der Waals surface area contributed by atoms with Crippen LogP contribution < -0.4 is 10.6 Å². The zero-order chi connectivity index (χ0) is 16.9. The van der Waals surface area contributed by atoms with E-state index < -0.39 is 29.6 Å². The minimum absolute atomic E-state index is 0.0128. The lowest BCUT2D eigenvalue weighted by molar-refractivity contribution is -0.140. The van der Waals surface area contributed by atoms with Gasteiger partial charge in [-0.1, -0.05) is 20.3 Å². The molecule has 0 spiro atoms. The van der Waals surface area contributed by atoms with E-state index in [2.05, 4.69) is 10.6 Å². The normalized spacial score (nSPS) is 13.1. The van der Waals surface area contributed by atoms with Gasteiger partial charge in [0, 0.05) is 12.5 Å². The summed E-state index contributed by atoms with van der Waals surface area (Å²) in [5, 5.41) is 13.8. The van der Waals surface area contributed by atoms with Gasteiger partial charge in [-0.25, -0.2) is 9.18 Å². The topological polar surface area (TPSA) is 95.5 Å². The smallest absolute Gasteiger partial charge is 0.326 e. The standard InChI is InChI=1S/C15H19FN2O4/c1-4-8(2)13(15(21)22)18-14(20)10-5-6-12(11(16)7-10)17-9(3)19/h5-8,13H,4H2,1-3H3,(H,17,19)(H,18,20)(H,21,22)/t8-,13-/m0/s1. The minimum Gasteiger partial charge on any atom is -0.480 e. The predicted octanol–water partition coefficient (Wildman–Crippen LogP) is 2.01. The van der Waals surface area contributed by atoms with Crippen molar-refractivity contribution in [2.45, 2.75) is 33.2 Å². The Labute approximate surface area is 127 Å². The Balaban J connectivity index is 2.91. The summed E-state index contributed by atoms with van der Waals surface area (Å²) in [4.78, 5) is 34.1. The fraction of sp³-hybridized carbons (Fsp3) is 0.400. The van der Waals surface area contributed by atoms with Crippen LogP contribution >= 0.6 is 0 Å². The van der Waals surface area contributed by atoms with Gasteiger partial charge in [-0.3, -0.25) is 9.59 Å². The summed E-state index contributed by atoms with van der Waals surface area (Å²) >= 11 is 0. The SMILES string of the molecule is CC[C@H](C)[C@H](NC(=O)c1ccc(NC(C)=O)c(F)c1)C(=O)O. The van der Waals surface area contributed by atoms with E-state index in [1.165, 1.54) is 19.1 Å². The van der Waals surface area contributed by atoms with Gasteiger partial charge in [0.2, 0.25) is 5.91 Å². The number of nitrogens with one attached hydrogen (secondary N) is 2. The maximum atomic E-state index is 13.8. The van der Waals surface area contributed by atoms with Crippen molar-refractivity contribution >= 4 is 23.5 Å². The number of carbonyl (C=O) groups is 3. The number of rotatable bonds is 6. The molecule has 0 saturated carbocycles. The maximum Gasteiger partial charge on any atom is 0.326 e. The molecule has 0 unspecified atom stereocenters. The van der Waals surface area contributed by atoms with Crippen LogP contribution in [0.3, 0.4) is 0 Å². The van der Waals surface area contributed by atoms with E-state index in [0.717, 1.165) is 6.07 Å². The molecule has 7 heteroatoms. The highest BCUT2D eigenvalue weighted by Gasteiger charge is 2.26. The van der Waals surface area contributed by atoms with Crippen LogP contribution in [-0.4, -0.2) is 28.9 Å². The molecular weight excluding hydrogens is 291 g/mol. The molecule has 0 saturated heterocycles. The number of carboxylic acids is 1. The molecule has 0 heterocycles. The maximum absolute atomic E-state index is 13.8. The van der Waals surface area contributed by atoms with E-state index in [-0.39, 0.29) is 17.2 Å². The molecule has 120 valence electrons. The van der Waals surface area contributed by atoms with Crippen LogP contribution in [-0.2, 0) is 9.59 Å². The number of amides is 2. The van der Waals surface area contributed by atoms with Crippen LogP contribution in [0.2, 0.25) is 0 Å². The predicted molar refractivity (Wildman–Crippen MR) is 79.0 cm³/mol. The van der Waals surface area contributed by atoms with E-state index in [0.29, 0.717) is 6.42 Å². The van der Waals surface area contributed by atoms with Crippen molar-refractivity contribution in [3.8, 4) is 0 Å². The average molecular weight is 310 g/mol. The molecule has 1 aromatic carbocycles. The minimum atomic E-state index is -1.14. The molecule has 0 aromatic heterocycles. The first-order valence-corrected chi connectivity index (χ1v) is 6.87. The third kappa shape index (κ3) is 4.54. The van der Waals surface area contributed by atoms with Crippen LogP contribution in [0.5, 0.6) is 0 Å². The third-order valence-electron chi connectivity index (χ3n) is 3.31. The van der Waals surface area contributed by atoms with Crippen molar-refractivity contribution < 1.29 is 23.9 Å². The van der Waals surface area contributed by atoms with E-state index in [1.807, 2.05) is 6.92 Å². The fourth-order valence-corrected chi connectivity index (χ4v) is 1.86. The summed E-state index contributed by atoms with van der Waals surface area (Å²) in [6.07, 6.45) is 0.576. The highest BCUT2D eigenvalue weighted by Crippen LogP contribution is 2.16. The van der Waals surface area contributed by atoms with Gasteiger partial charge in [0.25, 0.3) is 5.91 Å². The Bertz CT molecular complexity index is 589. The highest BCUT2D eigenvalue weighted by atomic mass is 19.1. The van der Waals surface area contributed by atoms with Crippen molar-refractivity contribution in [1.29, 1.82) is 0 Å². The summed E-state index contributed by atoms with van der Waals surface area (Å²) < 4.78 is 13.8. The molecule has 1 aromatic rings. The Hall–Kier alpha value is -2.44. The number of aliphatic carboxylic acids is 1. The van der Waals surface area contributed by atoms with Gasteiger partial charge in [-0.2, -0.15) is 0 Å². The van der Waals surface area contributed by atoms with Gasteiger partial charge in [-0.05, 0) is 24.1 Å². The van der Waals surface area contributed by atoms with Gasteiger partial charge >= 0.3 is 5.97 Å². The quantitative estimate of drug-likeness (QED) is 0.749. The van der Waals surface area contributed by atoms with Crippen LogP contribution in [0.15, 0.2) is 18.2 Å². The second-order valence-corrected chi connectivity index (χ2v) is 5.05. The van der Waals surface area contributed by atoms with Crippen molar-refractivity contribution in [3.63, 3.8) is 0 Å². The molecule has 22 heavy (non-hydrogen) atoms. The van der Waals surface area contributed by atoms with Crippen LogP contribution in [0.25, 0.3) is 0 Å². The number of hydrogen-bond donors (Lipinski definition) is 3. The fourth-order valence-electron chi connectivity index (χ4n) is 1.86. The lowest BCUT2D eigenvalue weighted by Crippen LogP contribution is -2.45. The third-order valence-corrected chi connectivity index (χ3v) is 3.31. The summed E-state index contributed by atoms with van der Waals surface area (Å²) in [7, 11) is 0. The summed E-state index contributed by atoms with van der Waals surface area (Å²) in [5.74, 6) is -3.28. The zero-order valence-electron chi connectivity index (χ0n) is 12.6. The highest BCUT2D eigenvalue weighted by molar-refractivity contribution is 5.97. The molecule has 0 radical (unpaired) electrons. The molecule has 2 atom stereocenters. The molecule has 0 fully saturated rings. The van der Waals surface area contributed by atoms with E-state index in [9.17, 15) is 18.8 Å². The molecule has 1 rings (SSSR count). The molecule has 2 amide bonds. The second-order valence-electron chi connectivity index (χ2n) is 5.05. The van der Waals surface area contributed by atoms with Crippen molar-refractivity contribution in [3.05, 3.63) is 29.6 Å². The van der Waals surface area contributed by atoms with Crippen molar-refractivity contribution in [2.75, 3.05) is 5.32 Å². The van der Waals surface area contributed by atoms with Gasteiger partial charge in [0.1, 0.15) is 11.9 Å². The van der Waals surface area contributed by atoms with Gasteiger partial charge in [-0.15, -0.1) is 0 Å². The largest absolute Gasteiger partial charge is 0.480 e. The van der Waals surface area contributed by atoms with Crippen LogP contribution in [0, 0.1) is 11.7 Å². The monoisotopic (exact) mass is 310 g/mol. The molecule has 0 aliphatic carbocycles. The Morgan fingerprint density at radius 2 is 1.95 bits per heavy atom. The zero-order valence-corrected chi connectivity index (χ0v) is 12.6. The number of carbonyl (C=O) groups excluding carboxylic acids is 2. The Morgan fingerprint density at radius 3 is 2.41 bits per heavy atom. The van der Waals surface area contributed by atoms with Gasteiger partial charge < -0.3 is 15.7 Å². The van der Waals surface area contributed by atoms with E-state index >= 15 is 0 Å². The lowest BCUT2D eigenvalue weighted by Gasteiger charge is -2.20. The van der Waals surface area contributed by atoms with Gasteiger partial charge in [0.05, 0.1) is 5.69 Å². The molecule has 0 aliphatic heterocycles. The first-order chi connectivity index (χ1) is 10.3. The summed E-state index contributed by atoms with van der Waals surface area (Å²) in [6, 6.07) is 2.48. The molecule has 0 bridgehead atoms. The van der Waals surface area contributed by atoms with Crippen molar-refractivity contribution in [1.82, 2.24) is 5.32 Å². The van der Waals surface area contributed by atoms with Crippen LogP contribution in [0.4, 0.5) is 10.1 Å².